The number of hydrogen-bond acceptors (Lipinski definition) is 2. The lowest BCUT2D eigenvalue weighted by Gasteiger charge is -2.56. The monoisotopic (exact) mass is 416 g/mol. The summed E-state index contributed by atoms with van der Waals surface area (Å²) >= 11 is 6.02. The molecule has 0 amide bonds. The second-order valence-electron chi connectivity index (χ2n) is 11.0. The van der Waals surface area contributed by atoms with Gasteiger partial charge >= 0.3 is 0 Å². The van der Waals surface area contributed by atoms with E-state index in [-0.39, 0.29) is 11.3 Å². The molecular formula is C25H37ClN2O. The van der Waals surface area contributed by atoms with Crippen molar-refractivity contribution in [3.05, 3.63) is 17.4 Å². The molecule has 4 fully saturated rings. The van der Waals surface area contributed by atoms with Gasteiger partial charge in [0.25, 0.3) is 0 Å². The number of carbonyl (C=O) groups is 1. The summed E-state index contributed by atoms with van der Waals surface area (Å²) < 4.78 is 1.74. The first-order valence-electron chi connectivity index (χ1n) is 12.2. The molecular weight excluding hydrogens is 380 g/mol. The van der Waals surface area contributed by atoms with Gasteiger partial charge in [0.15, 0.2) is 5.78 Å². The molecule has 4 heteroatoms. The largest absolute Gasteiger partial charge is 0.297 e. The SMILES string of the molecule is CCCC1C(CC)CCC2C1CCC1(C)C(C(=O)Cn3cc(Cl)cn3)C3CC3C21. The summed E-state index contributed by atoms with van der Waals surface area (Å²) in [6, 6.07) is 0. The van der Waals surface area contributed by atoms with E-state index in [1.165, 1.54) is 51.4 Å². The third-order valence-electron chi connectivity index (χ3n) is 9.72. The number of hydrogen-bond donors (Lipinski definition) is 0. The van der Waals surface area contributed by atoms with Crippen molar-refractivity contribution in [2.24, 2.45) is 52.8 Å². The van der Waals surface area contributed by atoms with Gasteiger partial charge < -0.3 is 0 Å². The maximum atomic E-state index is 13.4. The summed E-state index contributed by atoms with van der Waals surface area (Å²) in [5, 5.41) is 4.89. The highest BCUT2D eigenvalue weighted by molar-refractivity contribution is 6.30. The highest BCUT2D eigenvalue weighted by Gasteiger charge is 2.70. The normalized spacial score (nSPS) is 45.4. The number of fused-ring (bicyclic) bond motifs is 5. The molecule has 9 atom stereocenters. The lowest BCUT2D eigenvalue weighted by molar-refractivity contribution is -0.133. The fraction of sp³-hybridized carbons (Fsp3) is 0.840. The van der Waals surface area contributed by atoms with Crippen LogP contribution in [0.5, 0.6) is 0 Å². The minimum Gasteiger partial charge on any atom is -0.297 e. The Balaban J connectivity index is 1.38. The lowest BCUT2D eigenvalue weighted by Crippen LogP contribution is -2.50. The number of aromatic nitrogens is 2. The third kappa shape index (κ3) is 3.13. The van der Waals surface area contributed by atoms with Crippen molar-refractivity contribution in [3.8, 4) is 0 Å². The molecule has 1 aromatic heterocycles. The lowest BCUT2D eigenvalue weighted by atomic mass is 9.49. The molecule has 29 heavy (non-hydrogen) atoms. The Morgan fingerprint density at radius 3 is 2.72 bits per heavy atom. The van der Waals surface area contributed by atoms with Crippen LogP contribution in [0.15, 0.2) is 12.4 Å². The zero-order valence-electron chi connectivity index (χ0n) is 18.3. The summed E-state index contributed by atoms with van der Waals surface area (Å²) in [5.41, 5.74) is 0.221. The van der Waals surface area contributed by atoms with Crippen molar-refractivity contribution in [1.82, 2.24) is 9.78 Å². The molecule has 160 valence electrons. The fourth-order valence-electron chi connectivity index (χ4n) is 8.78. The van der Waals surface area contributed by atoms with Crippen molar-refractivity contribution in [2.45, 2.75) is 78.7 Å². The molecule has 0 aliphatic heterocycles. The second-order valence-corrected chi connectivity index (χ2v) is 11.4. The average Bonchev–Trinajstić information content (AvgIpc) is 3.24. The number of carbonyl (C=O) groups excluding carboxylic acids is 1. The summed E-state index contributed by atoms with van der Waals surface area (Å²) in [6.45, 7) is 7.65. The van der Waals surface area contributed by atoms with E-state index in [9.17, 15) is 4.79 Å². The van der Waals surface area contributed by atoms with Crippen molar-refractivity contribution in [3.63, 3.8) is 0 Å². The first kappa shape index (κ1) is 20.1. The highest BCUT2D eigenvalue weighted by Crippen LogP contribution is 2.74. The van der Waals surface area contributed by atoms with E-state index in [0.29, 0.717) is 23.3 Å². The van der Waals surface area contributed by atoms with Gasteiger partial charge in [-0.25, -0.2) is 0 Å². The van der Waals surface area contributed by atoms with Gasteiger partial charge in [-0.05, 0) is 78.9 Å². The predicted octanol–water partition coefficient (Wildman–Crippen LogP) is 6.26. The van der Waals surface area contributed by atoms with E-state index in [1.54, 1.807) is 17.1 Å². The minimum absolute atomic E-state index is 0.221. The molecule has 0 radical (unpaired) electrons. The first-order chi connectivity index (χ1) is 14.0. The topological polar surface area (TPSA) is 34.9 Å². The van der Waals surface area contributed by atoms with Gasteiger partial charge in [0, 0.05) is 12.1 Å². The molecule has 0 bridgehead atoms. The van der Waals surface area contributed by atoms with E-state index >= 15 is 0 Å². The maximum absolute atomic E-state index is 13.4. The molecule has 9 unspecified atom stereocenters. The van der Waals surface area contributed by atoms with Crippen LogP contribution in [0.25, 0.3) is 0 Å². The maximum Gasteiger partial charge on any atom is 0.158 e. The van der Waals surface area contributed by atoms with Crippen LogP contribution in [0.1, 0.15) is 72.1 Å². The molecule has 4 saturated carbocycles. The highest BCUT2D eigenvalue weighted by atomic mass is 35.5. The van der Waals surface area contributed by atoms with Gasteiger partial charge in [0.2, 0.25) is 0 Å². The van der Waals surface area contributed by atoms with Crippen molar-refractivity contribution in [2.75, 3.05) is 0 Å². The summed E-state index contributed by atoms with van der Waals surface area (Å²) in [6.07, 6.45) is 14.3. The van der Waals surface area contributed by atoms with Crippen LogP contribution < -0.4 is 0 Å². The zero-order valence-corrected chi connectivity index (χ0v) is 19.1. The molecule has 1 aromatic rings. The quantitative estimate of drug-likeness (QED) is 0.548. The average molecular weight is 417 g/mol. The first-order valence-corrected chi connectivity index (χ1v) is 12.6. The third-order valence-corrected chi connectivity index (χ3v) is 9.91. The predicted molar refractivity (Wildman–Crippen MR) is 117 cm³/mol. The van der Waals surface area contributed by atoms with Gasteiger partial charge in [-0.3, -0.25) is 9.48 Å². The Bertz CT molecular complexity index is 775. The van der Waals surface area contributed by atoms with Crippen molar-refractivity contribution in [1.29, 1.82) is 0 Å². The van der Waals surface area contributed by atoms with E-state index < -0.39 is 0 Å². The standard InChI is InChI=1S/C25H37ClN2O/c1-4-6-17-15(5-2)7-8-19-18(17)9-10-25(3)23(19)20-11-21(20)24(25)22(29)14-28-13-16(26)12-27-28/h12-13,15,17-21,23-24H,4-11,14H2,1-3H3. The molecule has 5 rings (SSSR count). The Morgan fingerprint density at radius 1 is 1.21 bits per heavy atom. The Labute approximate surface area is 181 Å². The van der Waals surface area contributed by atoms with E-state index in [1.807, 2.05) is 0 Å². The zero-order chi connectivity index (χ0) is 20.3. The Kier molecular flexibility index (Phi) is 5.12. The molecule has 0 spiro atoms. The van der Waals surface area contributed by atoms with Gasteiger partial charge in [-0.15, -0.1) is 0 Å². The number of halogens is 1. The second kappa shape index (κ2) is 7.39. The molecule has 0 saturated heterocycles. The number of ketones is 1. The van der Waals surface area contributed by atoms with Crippen LogP contribution in [0.4, 0.5) is 0 Å². The Morgan fingerprint density at radius 2 is 2.03 bits per heavy atom. The molecule has 1 heterocycles. The van der Waals surface area contributed by atoms with Crippen LogP contribution in [0.3, 0.4) is 0 Å². The van der Waals surface area contributed by atoms with Gasteiger partial charge in [0.1, 0.15) is 0 Å². The van der Waals surface area contributed by atoms with Crippen LogP contribution in [-0.2, 0) is 11.3 Å². The van der Waals surface area contributed by atoms with Crippen LogP contribution >= 0.6 is 11.6 Å². The van der Waals surface area contributed by atoms with Crippen molar-refractivity contribution < 1.29 is 4.79 Å². The number of Topliss-reactive ketones (excluding diaryl/α,β-unsaturated/α-hetero) is 1. The summed E-state index contributed by atoms with van der Waals surface area (Å²) in [4.78, 5) is 13.4. The fourth-order valence-corrected chi connectivity index (χ4v) is 8.94. The molecule has 0 N–H and O–H groups in total. The summed E-state index contributed by atoms with van der Waals surface area (Å²) in [5.74, 6) is 6.60. The number of rotatable bonds is 6. The van der Waals surface area contributed by atoms with E-state index in [2.05, 4.69) is 25.9 Å². The Hall–Kier alpha value is -0.830. The molecule has 3 nitrogen and oxygen atoms in total. The van der Waals surface area contributed by atoms with Gasteiger partial charge in [-0.1, -0.05) is 51.6 Å². The smallest absolute Gasteiger partial charge is 0.158 e. The van der Waals surface area contributed by atoms with Gasteiger partial charge in [0.05, 0.1) is 17.8 Å². The molecule has 0 aromatic carbocycles. The molecule has 4 aliphatic rings. The van der Waals surface area contributed by atoms with Crippen LogP contribution in [0.2, 0.25) is 5.02 Å². The van der Waals surface area contributed by atoms with E-state index in [4.69, 9.17) is 11.6 Å². The van der Waals surface area contributed by atoms with Crippen molar-refractivity contribution >= 4 is 17.4 Å². The van der Waals surface area contributed by atoms with E-state index in [0.717, 1.165) is 35.5 Å². The summed E-state index contributed by atoms with van der Waals surface area (Å²) in [7, 11) is 0. The minimum atomic E-state index is 0.221. The van der Waals surface area contributed by atoms with Crippen LogP contribution in [0, 0.1) is 52.8 Å². The number of nitrogens with zero attached hydrogens (tertiary/aromatic N) is 2. The van der Waals surface area contributed by atoms with Gasteiger partial charge in [-0.2, -0.15) is 5.10 Å². The molecule has 4 aliphatic carbocycles. The van der Waals surface area contributed by atoms with Crippen LogP contribution in [-0.4, -0.2) is 15.6 Å².